The molecule has 0 aliphatic rings. The number of rotatable bonds is 4. The Bertz CT molecular complexity index is 476. The van der Waals surface area contributed by atoms with Gasteiger partial charge >= 0.3 is 0 Å². The van der Waals surface area contributed by atoms with Crippen LogP contribution in [0, 0.1) is 25.2 Å². The normalized spacial score (nSPS) is 13.5. The maximum Gasteiger partial charge on any atom is 0.279 e. The molecule has 0 saturated heterocycles. The maximum absolute atomic E-state index is 11.9. The average Bonchev–Trinajstić information content (AvgIpc) is 2.33. The van der Waals surface area contributed by atoms with Crippen molar-refractivity contribution in [3.63, 3.8) is 0 Å². The molecule has 2 N–H and O–H groups in total. The van der Waals surface area contributed by atoms with Crippen LogP contribution in [0.4, 0.5) is 5.69 Å². The predicted molar refractivity (Wildman–Crippen MR) is 71.4 cm³/mol. The first-order valence-corrected chi connectivity index (χ1v) is 6.03. The number of quaternary nitrogens is 1. The summed E-state index contributed by atoms with van der Waals surface area (Å²) in [4.78, 5) is 12.8. The lowest BCUT2D eigenvalue weighted by molar-refractivity contribution is -0.886. The van der Waals surface area contributed by atoms with Gasteiger partial charge < -0.3 is 10.2 Å². The second-order valence-corrected chi connectivity index (χ2v) is 4.67. The van der Waals surface area contributed by atoms with Gasteiger partial charge in [-0.2, -0.15) is 5.26 Å². The molecular weight excluding hydrogens is 226 g/mol. The molecule has 0 radical (unpaired) electrons. The van der Waals surface area contributed by atoms with E-state index >= 15 is 0 Å². The summed E-state index contributed by atoms with van der Waals surface area (Å²) in [6.07, 6.45) is 0. The van der Waals surface area contributed by atoms with E-state index < -0.39 is 0 Å². The number of anilines is 1. The van der Waals surface area contributed by atoms with Crippen molar-refractivity contribution in [3.8, 4) is 6.07 Å². The van der Waals surface area contributed by atoms with Crippen molar-refractivity contribution in [2.24, 2.45) is 0 Å². The number of aryl methyl sites for hydroxylation is 1. The van der Waals surface area contributed by atoms with Gasteiger partial charge in [0.1, 0.15) is 6.07 Å². The zero-order valence-corrected chi connectivity index (χ0v) is 11.4. The summed E-state index contributed by atoms with van der Waals surface area (Å²) in [7, 11) is 1.84. The van der Waals surface area contributed by atoms with Gasteiger partial charge in [-0.25, -0.2) is 0 Å². The minimum absolute atomic E-state index is 0.0664. The average molecular weight is 246 g/mol. The molecule has 1 unspecified atom stereocenters. The van der Waals surface area contributed by atoms with Gasteiger partial charge in [0.25, 0.3) is 5.91 Å². The number of hydrogen-bond acceptors (Lipinski definition) is 2. The van der Waals surface area contributed by atoms with Crippen LogP contribution in [-0.2, 0) is 4.79 Å². The van der Waals surface area contributed by atoms with Crippen molar-refractivity contribution in [1.29, 1.82) is 5.26 Å². The number of amides is 1. The Morgan fingerprint density at radius 1 is 1.50 bits per heavy atom. The number of likely N-dealkylation sites (N-methyl/N-ethyl adjacent to an activating group) is 1. The maximum atomic E-state index is 11.9. The third kappa shape index (κ3) is 3.57. The number of carbonyl (C=O) groups is 1. The minimum atomic E-state index is -0.186. The highest BCUT2D eigenvalue weighted by atomic mass is 16.2. The van der Waals surface area contributed by atoms with Crippen LogP contribution in [-0.4, -0.2) is 25.5 Å². The monoisotopic (exact) mass is 246 g/mol. The smallest absolute Gasteiger partial charge is 0.279 e. The zero-order valence-electron chi connectivity index (χ0n) is 11.4. The third-order valence-electron chi connectivity index (χ3n) is 3.25. The van der Waals surface area contributed by atoms with Crippen molar-refractivity contribution in [2.75, 3.05) is 18.9 Å². The number of benzene rings is 1. The molecule has 18 heavy (non-hydrogen) atoms. The topological polar surface area (TPSA) is 57.3 Å². The Morgan fingerprint density at radius 3 is 2.78 bits per heavy atom. The van der Waals surface area contributed by atoms with Crippen molar-refractivity contribution in [3.05, 3.63) is 29.3 Å². The van der Waals surface area contributed by atoms with E-state index in [0.29, 0.717) is 6.54 Å². The van der Waals surface area contributed by atoms with Gasteiger partial charge in [0.15, 0.2) is 12.6 Å². The van der Waals surface area contributed by atoms with Gasteiger partial charge in [0.2, 0.25) is 0 Å². The molecule has 0 fully saturated rings. The van der Waals surface area contributed by atoms with Crippen molar-refractivity contribution in [1.82, 2.24) is 0 Å². The van der Waals surface area contributed by atoms with E-state index in [1.807, 2.05) is 39.1 Å². The van der Waals surface area contributed by atoms with Gasteiger partial charge in [-0.05, 0) is 31.0 Å². The molecule has 4 nitrogen and oxygen atoms in total. The first kappa shape index (κ1) is 14.2. The molecule has 0 heterocycles. The number of nitrogens with zero attached hydrogens (tertiary/aromatic N) is 1. The van der Waals surface area contributed by atoms with Crippen LogP contribution in [0.15, 0.2) is 18.2 Å². The summed E-state index contributed by atoms with van der Waals surface area (Å²) in [5.41, 5.74) is 3.08. The largest absolute Gasteiger partial charge is 0.321 e. The lowest BCUT2D eigenvalue weighted by Crippen LogP contribution is -3.13. The molecular formula is C14H20N3O+. The van der Waals surface area contributed by atoms with E-state index in [-0.39, 0.29) is 11.9 Å². The van der Waals surface area contributed by atoms with Gasteiger partial charge in [-0.15, -0.1) is 0 Å². The SMILES string of the molecule is Cc1cccc(NC(=O)C[NH+](C)[C@H](C)C#N)c1C. The van der Waals surface area contributed by atoms with E-state index in [0.717, 1.165) is 21.7 Å². The molecule has 0 spiro atoms. The summed E-state index contributed by atoms with van der Waals surface area (Å²) in [5.74, 6) is -0.0664. The number of carbonyl (C=O) groups excluding carboxylic acids is 1. The molecule has 1 rings (SSSR count). The molecule has 2 atom stereocenters. The van der Waals surface area contributed by atoms with Crippen molar-refractivity contribution >= 4 is 11.6 Å². The van der Waals surface area contributed by atoms with Gasteiger partial charge in [-0.3, -0.25) is 4.79 Å². The summed E-state index contributed by atoms with van der Waals surface area (Å²) in [6, 6.07) is 7.78. The fraction of sp³-hybridized carbons (Fsp3) is 0.429. The van der Waals surface area contributed by atoms with E-state index in [9.17, 15) is 4.79 Å². The summed E-state index contributed by atoms with van der Waals surface area (Å²) >= 11 is 0. The predicted octanol–water partition coefficient (Wildman–Crippen LogP) is 0.669. The van der Waals surface area contributed by atoms with Crippen LogP contribution in [0.3, 0.4) is 0 Å². The zero-order chi connectivity index (χ0) is 13.7. The van der Waals surface area contributed by atoms with Crippen LogP contribution in [0.5, 0.6) is 0 Å². The fourth-order valence-electron chi connectivity index (χ4n) is 1.60. The Hall–Kier alpha value is -1.86. The highest BCUT2D eigenvalue weighted by molar-refractivity contribution is 5.92. The van der Waals surface area contributed by atoms with Crippen LogP contribution in [0.2, 0.25) is 0 Å². The molecule has 0 aliphatic heterocycles. The van der Waals surface area contributed by atoms with Gasteiger partial charge in [0, 0.05) is 12.6 Å². The highest BCUT2D eigenvalue weighted by Crippen LogP contribution is 2.17. The molecule has 0 aliphatic carbocycles. The van der Waals surface area contributed by atoms with E-state index in [1.165, 1.54) is 0 Å². The van der Waals surface area contributed by atoms with Crippen LogP contribution < -0.4 is 10.2 Å². The second-order valence-electron chi connectivity index (χ2n) is 4.67. The summed E-state index contributed by atoms with van der Waals surface area (Å²) in [5, 5.41) is 11.7. The Kier molecular flexibility index (Phi) is 4.87. The number of hydrogen-bond donors (Lipinski definition) is 2. The van der Waals surface area contributed by atoms with E-state index in [4.69, 9.17) is 5.26 Å². The third-order valence-corrected chi connectivity index (χ3v) is 3.25. The molecule has 1 aromatic rings. The Labute approximate surface area is 108 Å². The molecule has 96 valence electrons. The highest BCUT2D eigenvalue weighted by Gasteiger charge is 2.16. The molecule has 1 aromatic carbocycles. The first-order valence-electron chi connectivity index (χ1n) is 6.03. The second kappa shape index (κ2) is 6.18. The molecule has 1 amide bonds. The summed E-state index contributed by atoms with van der Waals surface area (Å²) < 4.78 is 0. The molecule has 0 aromatic heterocycles. The van der Waals surface area contributed by atoms with Gasteiger partial charge in [-0.1, -0.05) is 12.1 Å². The first-order chi connectivity index (χ1) is 8.45. The van der Waals surface area contributed by atoms with E-state index in [1.54, 1.807) is 6.92 Å². The standard InChI is InChI=1S/C14H19N3O/c1-10-6-5-7-13(12(10)3)16-14(18)9-17(4)11(2)8-15/h5-7,11H,9H2,1-4H3,(H,16,18)/p+1/t11-/m1/s1. The number of nitriles is 1. The molecule has 0 bridgehead atoms. The fourth-order valence-corrected chi connectivity index (χ4v) is 1.60. The van der Waals surface area contributed by atoms with Crippen molar-refractivity contribution in [2.45, 2.75) is 26.8 Å². The van der Waals surface area contributed by atoms with Crippen LogP contribution >= 0.6 is 0 Å². The van der Waals surface area contributed by atoms with Crippen molar-refractivity contribution < 1.29 is 9.69 Å². The lowest BCUT2D eigenvalue weighted by Gasteiger charge is -2.16. The minimum Gasteiger partial charge on any atom is -0.321 e. The Balaban J connectivity index is 2.66. The lowest BCUT2D eigenvalue weighted by atomic mass is 10.1. The van der Waals surface area contributed by atoms with Crippen LogP contribution in [0.25, 0.3) is 0 Å². The number of nitrogens with one attached hydrogen (secondary N) is 2. The summed E-state index contributed by atoms with van der Waals surface area (Å²) in [6.45, 7) is 6.10. The van der Waals surface area contributed by atoms with Crippen LogP contribution in [0.1, 0.15) is 18.1 Å². The molecule has 4 heteroatoms. The Morgan fingerprint density at radius 2 is 2.17 bits per heavy atom. The molecule has 0 saturated carbocycles. The van der Waals surface area contributed by atoms with Gasteiger partial charge in [0.05, 0.1) is 7.05 Å². The quantitative estimate of drug-likeness (QED) is 0.820. The van der Waals surface area contributed by atoms with E-state index in [2.05, 4.69) is 11.4 Å².